The number of piperidine rings is 1. The number of carbonyl (C=O) groups is 2. The summed E-state index contributed by atoms with van der Waals surface area (Å²) >= 11 is 0. The minimum Gasteiger partial charge on any atom is -0.388 e. The first-order valence-corrected chi connectivity index (χ1v) is 10.5. The summed E-state index contributed by atoms with van der Waals surface area (Å²) in [4.78, 5) is 35.0. The quantitative estimate of drug-likeness (QED) is 0.746. The topological polar surface area (TPSA) is 122 Å². The van der Waals surface area contributed by atoms with Crippen molar-refractivity contribution in [3.63, 3.8) is 0 Å². The highest BCUT2D eigenvalue weighted by Crippen LogP contribution is 2.40. The summed E-state index contributed by atoms with van der Waals surface area (Å²) in [6, 6.07) is 1.72. The third-order valence-electron chi connectivity index (χ3n) is 6.22. The molecule has 0 radical (unpaired) electrons. The predicted octanol–water partition coefficient (Wildman–Crippen LogP) is 0.555. The Morgan fingerprint density at radius 1 is 1.33 bits per heavy atom. The lowest BCUT2D eigenvalue weighted by Gasteiger charge is -2.53. The Kier molecular flexibility index (Phi) is 5.46. The molecular weight excluding hydrogens is 388 g/mol. The van der Waals surface area contributed by atoms with Gasteiger partial charge in [-0.15, -0.1) is 5.10 Å². The van der Waals surface area contributed by atoms with Gasteiger partial charge in [0.15, 0.2) is 0 Å². The molecule has 10 heteroatoms. The highest BCUT2D eigenvalue weighted by molar-refractivity contribution is 5.91. The van der Waals surface area contributed by atoms with E-state index in [0.717, 1.165) is 6.42 Å². The van der Waals surface area contributed by atoms with Gasteiger partial charge in [0.1, 0.15) is 6.10 Å². The summed E-state index contributed by atoms with van der Waals surface area (Å²) < 4.78 is 7.52. The molecule has 1 spiro atoms. The summed E-state index contributed by atoms with van der Waals surface area (Å²) in [6.45, 7) is 5.11. The van der Waals surface area contributed by atoms with E-state index < -0.39 is 17.2 Å². The molecule has 0 aromatic carbocycles. The Morgan fingerprint density at radius 2 is 2.10 bits per heavy atom. The van der Waals surface area contributed by atoms with Gasteiger partial charge in [0, 0.05) is 38.5 Å². The average molecular weight is 416 g/mol. The molecule has 2 atom stereocenters. The number of nitrogens with one attached hydrogen (secondary N) is 1. The molecule has 2 aromatic rings. The van der Waals surface area contributed by atoms with Crippen LogP contribution in [0, 0.1) is 0 Å². The van der Waals surface area contributed by atoms with E-state index in [1.165, 1.54) is 4.52 Å². The normalized spacial score (nSPS) is 26.1. The predicted molar refractivity (Wildman–Crippen MR) is 107 cm³/mol. The Morgan fingerprint density at radius 3 is 2.80 bits per heavy atom. The second-order valence-corrected chi connectivity index (χ2v) is 8.37. The zero-order valence-corrected chi connectivity index (χ0v) is 17.4. The number of rotatable bonds is 4. The van der Waals surface area contributed by atoms with Gasteiger partial charge in [-0.05, 0) is 38.7 Å². The van der Waals surface area contributed by atoms with Crippen LogP contribution < -0.4 is 5.32 Å². The summed E-state index contributed by atoms with van der Waals surface area (Å²) in [6.07, 6.45) is 5.12. The van der Waals surface area contributed by atoms with Gasteiger partial charge in [0.2, 0.25) is 11.7 Å². The highest BCUT2D eigenvalue weighted by Gasteiger charge is 2.54. The molecule has 2 aliphatic heterocycles. The van der Waals surface area contributed by atoms with Gasteiger partial charge in [0.25, 0.3) is 11.7 Å². The summed E-state index contributed by atoms with van der Waals surface area (Å²) in [5.74, 6) is 0.153. The van der Waals surface area contributed by atoms with Crippen LogP contribution in [0.1, 0.15) is 56.6 Å². The van der Waals surface area contributed by atoms with Crippen molar-refractivity contribution < 1.29 is 19.4 Å². The van der Waals surface area contributed by atoms with Crippen molar-refractivity contribution in [3.05, 3.63) is 24.3 Å². The molecule has 10 nitrogen and oxygen atoms in total. The molecule has 0 bridgehead atoms. The van der Waals surface area contributed by atoms with E-state index in [9.17, 15) is 14.7 Å². The third kappa shape index (κ3) is 3.65. The Balaban J connectivity index is 1.44. The molecule has 162 valence electrons. The zero-order chi connectivity index (χ0) is 21.4. The number of carbonyl (C=O) groups excluding carboxylic acids is 2. The highest BCUT2D eigenvalue weighted by atomic mass is 16.5. The van der Waals surface area contributed by atoms with Gasteiger partial charge >= 0.3 is 0 Å². The van der Waals surface area contributed by atoms with Crippen molar-refractivity contribution in [1.82, 2.24) is 29.8 Å². The smallest absolute Gasteiger partial charge is 0.293 e. The SMILES string of the molecule is CCCC(=O)N[C@]1(C)CCOC2(CCN(C(=O)c3nc4ncccn4n3)CC2)[C@H]1O. The van der Waals surface area contributed by atoms with E-state index in [2.05, 4.69) is 20.4 Å². The fourth-order valence-corrected chi connectivity index (χ4v) is 4.47. The molecule has 0 saturated carbocycles. The number of amides is 2. The van der Waals surface area contributed by atoms with Crippen molar-refractivity contribution in [2.75, 3.05) is 19.7 Å². The second-order valence-electron chi connectivity index (χ2n) is 8.37. The van der Waals surface area contributed by atoms with Crippen molar-refractivity contribution in [2.45, 2.75) is 63.2 Å². The zero-order valence-electron chi connectivity index (χ0n) is 17.4. The van der Waals surface area contributed by atoms with Crippen molar-refractivity contribution in [1.29, 1.82) is 0 Å². The van der Waals surface area contributed by atoms with Crippen LogP contribution in [0.15, 0.2) is 18.5 Å². The lowest BCUT2D eigenvalue weighted by molar-refractivity contribution is -0.205. The molecule has 2 aliphatic rings. The maximum absolute atomic E-state index is 12.9. The van der Waals surface area contributed by atoms with Crippen molar-refractivity contribution in [3.8, 4) is 0 Å². The molecule has 4 rings (SSSR count). The van der Waals surface area contributed by atoms with Crippen LogP contribution in [-0.4, -0.2) is 78.3 Å². The van der Waals surface area contributed by atoms with E-state index in [0.29, 0.717) is 51.2 Å². The number of aliphatic hydroxyl groups is 1. The molecule has 2 amide bonds. The van der Waals surface area contributed by atoms with Crippen LogP contribution in [0.3, 0.4) is 0 Å². The second kappa shape index (κ2) is 7.92. The van der Waals surface area contributed by atoms with E-state index in [4.69, 9.17) is 4.74 Å². The van der Waals surface area contributed by atoms with Gasteiger partial charge in [-0.25, -0.2) is 9.50 Å². The fraction of sp³-hybridized carbons (Fsp3) is 0.650. The molecule has 0 unspecified atom stereocenters. The standard InChI is InChI=1S/C20H28N6O4/c1-3-5-14(27)23-19(2)8-13-30-20(17(19)29)6-11-25(12-7-20)16(28)15-22-18-21-9-4-10-26(18)24-15/h4,9-10,17,29H,3,5-8,11-13H2,1-2H3,(H,23,27)/t17-,19+/m0/s1. The lowest BCUT2D eigenvalue weighted by Crippen LogP contribution is -2.69. The number of fused-ring (bicyclic) bond motifs is 1. The van der Waals surface area contributed by atoms with Crippen molar-refractivity contribution in [2.24, 2.45) is 0 Å². The number of nitrogens with zero attached hydrogens (tertiary/aromatic N) is 5. The number of hydrogen-bond donors (Lipinski definition) is 2. The van der Waals surface area contributed by atoms with E-state index >= 15 is 0 Å². The fourth-order valence-electron chi connectivity index (χ4n) is 4.47. The first-order chi connectivity index (χ1) is 14.4. The van der Waals surface area contributed by atoms with Crippen LogP contribution in [0.4, 0.5) is 0 Å². The summed E-state index contributed by atoms with van der Waals surface area (Å²) in [5.41, 5.74) is -1.53. The van der Waals surface area contributed by atoms with Crippen LogP contribution in [0.2, 0.25) is 0 Å². The average Bonchev–Trinajstić information content (AvgIpc) is 3.17. The van der Waals surface area contributed by atoms with Crippen LogP contribution in [-0.2, 0) is 9.53 Å². The Hall–Kier alpha value is -2.59. The number of hydrogen-bond acceptors (Lipinski definition) is 7. The third-order valence-corrected chi connectivity index (χ3v) is 6.22. The molecule has 0 aliphatic carbocycles. The largest absolute Gasteiger partial charge is 0.388 e. The number of aromatic nitrogens is 4. The lowest BCUT2D eigenvalue weighted by atomic mass is 9.73. The van der Waals surface area contributed by atoms with Crippen LogP contribution in [0.25, 0.3) is 5.78 Å². The molecule has 2 aromatic heterocycles. The first kappa shape index (κ1) is 20.7. The van der Waals surface area contributed by atoms with Gasteiger partial charge in [-0.3, -0.25) is 9.59 Å². The number of likely N-dealkylation sites (tertiary alicyclic amines) is 1. The van der Waals surface area contributed by atoms with Crippen LogP contribution >= 0.6 is 0 Å². The minimum absolute atomic E-state index is 0.0600. The van der Waals surface area contributed by atoms with E-state index in [1.807, 2.05) is 13.8 Å². The molecule has 30 heavy (non-hydrogen) atoms. The molecule has 2 N–H and O–H groups in total. The van der Waals surface area contributed by atoms with E-state index in [-0.39, 0.29) is 17.6 Å². The molecule has 2 fully saturated rings. The number of aliphatic hydroxyl groups excluding tert-OH is 1. The summed E-state index contributed by atoms with van der Waals surface area (Å²) in [5, 5.41) is 18.4. The van der Waals surface area contributed by atoms with Crippen molar-refractivity contribution >= 4 is 17.6 Å². The van der Waals surface area contributed by atoms with Gasteiger partial charge in [-0.2, -0.15) is 4.98 Å². The Bertz CT molecular complexity index is 905. The van der Waals surface area contributed by atoms with E-state index in [1.54, 1.807) is 23.4 Å². The minimum atomic E-state index is -0.852. The molecule has 2 saturated heterocycles. The van der Waals surface area contributed by atoms with Gasteiger partial charge in [-0.1, -0.05) is 6.92 Å². The Labute approximate surface area is 174 Å². The monoisotopic (exact) mass is 416 g/mol. The maximum atomic E-state index is 12.9. The van der Waals surface area contributed by atoms with Crippen LogP contribution in [0.5, 0.6) is 0 Å². The first-order valence-electron chi connectivity index (χ1n) is 10.5. The van der Waals surface area contributed by atoms with Gasteiger partial charge in [0.05, 0.1) is 11.1 Å². The maximum Gasteiger partial charge on any atom is 0.293 e. The van der Waals surface area contributed by atoms with Gasteiger partial charge < -0.3 is 20.1 Å². The summed E-state index contributed by atoms with van der Waals surface area (Å²) in [7, 11) is 0. The molecular formula is C20H28N6O4. The molecule has 4 heterocycles. The number of ether oxygens (including phenoxy) is 1.